The summed E-state index contributed by atoms with van der Waals surface area (Å²) < 4.78 is 0. The van der Waals surface area contributed by atoms with Gasteiger partial charge in [0.05, 0.1) is 5.56 Å². The first-order valence-corrected chi connectivity index (χ1v) is 6.83. The molecule has 2 rings (SSSR count). The van der Waals surface area contributed by atoms with E-state index < -0.39 is 5.97 Å². The van der Waals surface area contributed by atoms with Crippen molar-refractivity contribution in [1.82, 2.24) is 5.32 Å². The SMILES string of the molecule is NC1CCC(NCc2cc(C(=O)O)cs2)CC1. The maximum Gasteiger partial charge on any atom is 0.336 e. The zero-order valence-electron chi connectivity index (χ0n) is 9.69. The number of hydrogen-bond acceptors (Lipinski definition) is 4. The summed E-state index contributed by atoms with van der Waals surface area (Å²) >= 11 is 1.50. The standard InChI is InChI=1S/C12H18N2O2S/c13-9-1-3-10(4-2-9)14-6-11-5-8(7-17-11)12(15)16/h5,7,9-10,14H,1-4,6,13H2,(H,15,16). The lowest BCUT2D eigenvalue weighted by molar-refractivity contribution is 0.0697. The molecule has 4 N–H and O–H groups in total. The summed E-state index contributed by atoms with van der Waals surface area (Å²) in [5.41, 5.74) is 6.24. The van der Waals surface area contributed by atoms with E-state index in [4.69, 9.17) is 10.8 Å². The van der Waals surface area contributed by atoms with E-state index in [1.807, 2.05) is 0 Å². The quantitative estimate of drug-likeness (QED) is 0.766. The molecule has 0 bridgehead atoms. The number of rotatable bonds is 4. The number of nitrogens with two attached hydrogens (primary N) is 1. The lowest BCUT2D eigenvalue weighted by Crippen LogP contribution is -2.36. The molecule has 1 aliphatic rings. The van der Waals surface area contributed by atoms with Gasteiger partial charge in [0.2, 0.25) is 0 Å². The molecule has 5 heteroatoms. The maximum atomic E-state index is 10.7. The van der Waals surface area contributed by atoms with Crippen molar-refractivity contribution < 1.29 is 9.90 Å². The Hall–Kier alpha value is -0.910. The molecule has 1 aromatic rings. The monoisotopic (exact) mass is 254 g/mol. The molecular formula is C12H18N2O2S. The number of hydrogen-bond donors (Lipinski definition) is 3. The number of carbonyl (C=O) groups is 1. The van der Waals surface area contributed by atoms with E-state index in [2.05, 4.69) is 5.32 Å². The smallest absolute Gasteiger partial charge is 0.336 e. The second-order valence-electron chi connectivity index (χ2n) is 4.60. The Morgan fingerprint density at radius 1 is 1.47 bits per heavy atom. The van der Waals surface area contributed by atoms with E-state index in [0.717, 1.165) is 37.1 Å². The topological polar surface area (TPSA) is 75.3 Å². The van der Waals surface area contributed by atoms with Crippen LogP contribution in [-0.4, -0.2) is 23.2 Å². The first kappa shape index (κ1) is 12.5. The Morgan fingerprint density at radius 2 is 2.18 bits per heavy atom. The van der Waals surface area contributed by atoms with Gasteiger partial charge in [0.1, 0.15) is 0 Å². The van der Waals surface area contributed by atoms with Crippen LogP contribution >= 0.6 is 11.3 Å². The van der Waals surface area contributed by atoms with Crippen LogP contribution in [0.25, 0.3) is 0 Å². The van der Waals surface area contributed by atoms with Gasteiger partial charge in [0, 0.05) is 28.9 Å². The molecule has 0 spiro atoms. The van der Waals surface area contributed by atoms with E-state index >= 15 is 0 Å². The fraction of sp³-hybridized carbons (Fsp3) is 0.583. The molecule has 1 aliphatic carbocycles. The number of aromatic carboxylic acids is 1. The van der Waals surface area contributed by atoms with Crippen LogP contribution in [0.4, 0.5) is 0 Å². The van der Waals surface area contributed by atoms with Crippen LogP contribution in [-0.2, 0) is 6.54 Å². The Morgan fingerprint density at radius 3 is 2.76 bits per heavy atom. The van der Waals surface area contributed by atoms with Crippen molar-refractivity contribution in [3.63, 3.8) is 0 Å². The zero-order chi connectivity index (χ0) is 12.3. The van der Waals surface area contributed by atoms with Crippen LogP contribution in [0.1, 0.15) is 40.9 Å². The second-order valence-corrected chi connectivity index (χ2v) is 5.60. The average Bonchev–Trinajstić information content (AvgIpc) is 2.77. The molecule has 0 aromatic carbocycles. The first-order valence-electron chi connectivity index (χ1n) is 5.95. The molecule has 0 aliphatic heterocycles. The molecule has 1 aromatic heterocycles. The molecular weight excluding hydrogens is 236 g/mol. The van der Waals surface area contributed by atoms with Crippen molar-refractivity contribution in [2.24, 2.45) is 5.73 Å². The van der Waals surface area contributed by atoms with E-state index in [9.17, 15) is 4.79 Å². The second kappa shape index (κ2) is 5.62. The summed E-state index contributed by atoms with van der Waals surface area (Å²) in [6.07, 6.45) is 4.42. The molecule has 0 radical (unpaired) electrons. The summed E-state index contributed by atoms with van der Waals surface area (Å²) in [6, 6.07) is 2.65. The Bertz CT molecular complexity index is 384. The van der Waals surface area contributed by atoms with Gasteiger partial charge in [-0.05, 0) is 31.7 Å². The van der Waals surface area contributed by atoms with E-state index in [1.165, 1.54) is 11.3 Å². The number of thiophene rings is 1. The van der Waals surface area contributed by atoms with Gasteiger partial charge in [-0.25, -0.2) is 4.79 Å². The van der Waals surface area contributed by atoms with Crippen molar-refractivity contribution in [2.45, 2.75) is 44.3 Å². The van der Waals surface area contributed by atoms with E-state index in [1.54, 1.807) is 11.4 Å². The minimum atomic E-state index is -0.851. The van der Waals surface area contributed by atoms with Gasteiger partial charge in [0.15, 0.2) is 0 Å². The van der Waals surface area contributed by atoms with Crippen molar-refractivity contribution in [3.8, 4) is 0 Å². The molecule has 94 valence electrons. The summed E-state index contributed by atoms with van der Waals surface area (Å²) in [5.74, 6) is -0.851. The lowest BCUT2D eigenvalue weighted by atomic mass is 9.92. The van der Waals surface area contributed by atoms with Crippen LogP contribution < -0.4 is 11.1 Å². The molecule has 4 nitrogen and oxygen atoms in total. The van der Waals surface area contributed by atoms with Gasteiger partial charge < -0.3 is 16.2 Å². The van der Waals surface area contributed by atoms with Crippen LogP contribution in [0.15, 0.2) is 11.4 Å². The van der Waals surface area contributed by atoms with Crippen molar-refractivity contribution in [2.75, 3.05) is 0 Å². The third-order valence-electron chi connectivity index (χ3n) is 3.24. The summed E-state index contributed by atoms with van der Waals surface area (Å²) in [6.45, 7) is 0.762. The number of carboxylic acid groups (broad SMARTS) is 1. The highest BCUT2D eigenvalue weighted by Gasteiger charge is 2.18. The van der Waals surface area contributed by atoms with Gasteiger partial charge in [-0.15, -0.1) is 11.3 Å². The average molecular weight is 254 g/mol. The zero-order valence-corrected chi connectivity index (χ0v) is 10.5. The molecule has 1 fully saturated rings. The molecule has 0 amide bonds. The Labute approximate surface area is 105 Å². The van der Waals surface area contributed by atoms with Crippen molar-refractivity contribution in [3.05, 3.63) is 21.9 Å². The largest absolute Gasteiger partial charge is 0.478 e. The molecule has 17 heavy (non-hydrogen) atoms. The third-order valence-corrected chi connectivity index (χ3v) is 4.17. The van der Waals surface area contributed by atoms with Gasteiger partial charge >= 0.3 is 5.97 Å². The highest BCUT2D eigenvalue weighted by Crippen LogP contribution is 2.19. The van der Waals surface area contributed by atoms with Crippen LogP contribution in [0.3, 0.4) is 0 Å². The molecule has 1 heterocycles. The van der Waals surface area contributed by atoms with Crippen LogP contribution in [0.2, 0.25) is 0 Å². The summed E-state index contributed by atoms with van der Waals surface area (Å²) in [4.78, 5) is 11.8. The van der Waals surface area contributed by atoms with E-state index in [-0.39, 0.29) is 0 Å². The van der Waals surface area contributed by atoms with Crippen molar-refractivity contribution in [1.29, 1.82) is 0 Å². The molecule has 0 saturated heterocycles. The molecule has 0 atom stereocenters. The summed E-state index contributed by atoms with van der Waals surface area (Å²) in [7, 11) is 0. The molecule has 0 unspecified atom stereocenters. The van der Waals surface area contributed by atoms with Gasteiger partial charge in [0.25, 0.3) is 0 Å². The van der Waals surface area contributed by atoms with Crippen LogP contribution in [0.5, 0.6) is 0 Å². The van der Waals surface area contributed by atoms with E-state index in [0.29, 0.717) is 17.6 Å². The maximum absolute atomic E-state index is 10.7. The predicted octanol–water partition coefficient (Wildman–Crippen LogP) is 1.81. The Balaban J connectivity index is 1.79. The van der Waals surface area contributed by atoms with Crippen LogP contribution in [0, 0.1) is 0 Å². The number of carboxylic acids is 1. The summed E-state index contributed by atoms with van der Waals surface area (Å²) in [5, 5.41) is 14.0. The van der Waals surface area contributed by atoms with Gasteiger partial charge in [-0.1, -0.05) is 0 Å². The minimum absolute atomic E-state index is 0.369. The number of nitrogens with one attached hydrogen (secondary N) is 1. The van der Waals surface area contributed by atoms with Crippen molar-refractivity contribution >= 4 is 17.3 Å². The molecule has 1 saturated carbocycles. The minimum Gasteiger partial charge on any atom is -0.478 e. The normalized spacial score (nSPS) is 24.8. The fourth-order valence-corrected chi connectivity index (χ4v) is 2.96. The van der Waals surface area contributed by atoms with Gasteiger partial charge in [-0.2, -0.15) is 0 Å². The first-order chi connectivity index (χ1) is 8.15. The highest BCUT2D eigenvalue weighted by atomic mass is 32.1. The lowest BCUT2D eigenvalue weighted by Gasteiger charge is -2.26. The van der Waals surface area contributed by atoms with Gasteiger partial charge in [-0.3, -0.25) is 0 Å². The third kappa shape index (κ3) is 3.52. The highest BCUT2D eigenvalue weighted by molar-refractivity contribution is 7.10. The fourth-order valence-electron chi connectivity index (χ4n) is 2.15. The Kier molecular flexibility index (Phi) is 4.15. The predicted molar refractivity (Wildman–Crippen MR) is 68.3 cm³/mol.